The predicted octanol–water partition coefficient (Wildman–Crippen LogP) is 2.20. The van der Waals surface area contributed by atoms with Crippen LogP contribution in [0.15, 0.2) is 35.3 Å². The third-order valence-electron chi connectivity index (χ3n) is 3.53. The Morgan fingerprint density at radius 1 is 0.880 bits per heavy atom. The van der Waals surface area contributed by atoms with Crippen LogP contribution in [-0.2, 0) is 20.8 Å². The number of benzene rings is 1. The summed E-state index contributed by atoms with van der Waals surface area (Å²) in [6, 6.07) is 10.3. The molecule has 0 radical (unpaired) electrons. The zero-order valence-corrected chi connectivity index (χ0v) is 15.6. The van der Waals surface area contributed by atoms with Gasteiger partial charge < -0.3 is 24.8 Å². The van der Waals surface area contributed by atoms with Gasteiger partial charge in [-0.15, -0.1) is 0 Å². The first kappa shape index (κ1) is 21.4. The Bertz CT molecular complexity index is 441. The molecule has 0 spiro atoms. The van der Waals surface area contributed by atoms with Crippen LogP contribution in [0.4, 0.5) is 0 Å². The fourth-order valence-corrected chi connectivity index (χ4v) is 2.15. The molecule has 0 saturated heterocycles. The molecule has 25 heavy (non-hydrogen) atoms. The van der Waals surface area contributed by atoms with Gasteiger partial charge in [-0.25, -0.2) is 0 Å². The van der Waals surface area contributed by atoms with E-state index < -0.39 is 0 Å². The average molecular weight is 351 g/mol. The summed E-state index contributed by atoms with van der Waals surface area (Å²) in [5.41, 5.74) is 1.22. The fraction of sp³-hybridized carbons (Fsp3) is 0.632. The Morgan fingerprint density at radius 2 is 1.60 bits per heavy atom. The highest BCUT2D eigenvalue weighted by atomic mass is 16.5. The standard InChI is InChI=1S/C19H33N3O3/c1-20-19(22-12-8-14-24-16-15-23-2)21-11-6-7-13-25-17-18-9-4-3-5-10-18/h3-5,9-10H,6-8,11-17H2,1-2H3,(H2,20,21,22). The number of ether oxygens (including phenoxy) is 3. The van der Waals surface area contributed by atoms with Gasteiger partial charge in [0.15, 0.2) is 5.96 Å². The Kier molecular flexibility index (Phi) is 13.6. The molecule has 2 N–H and O–H groups in total. The molecule has 0 aliphatic heterocycles. The van der Waals surface area contributed by atoms with Gasteiger partial charge in [0, 0.05) is 40.5 Å². The molecule has 142 valence electrons. The van der Waals surface area contributed by atoms with Gasteiger partial charge in [-0.3, -0.25) is 4.99 Å². The molecule has 0 atom stereocenters. The topological polar surface area (TPSA) is 64.1 Å². The van der Waals surface area contributed by atoms with Crippen LogP contribution in [0.25, 0.3) is 0 Å². The van der Waals surface area contributed by atoms with Crippen LogP contribution in [0.5, 0.6) is 0 Å². The van der Waals surface area contributed by atoms with Crippen LogP contribution < -0.4 is 10.6 Å². The molecule has 0 fully saturated rings. The van der Waals surface area contributed by atoms with Crippen molar-refractivity contribution in [3.63, 3.8) is 0 Å². The number of aliphatic imine (C=N–C) groups is 1. The third-order valence-corrected chi connectivity index (χ3v) is 3.53. The van der Waals surface area contributed by atoms with Crippen LogP contribution in [0.2, 0.25) is 0 Å². The van der Waals surface area contributed by atoms with Crippen molar-refractivity contribution in [3.8, 4) is 0 Å². The summed E-state index contributed by atoms with van der Waals surface area (Å²) in [6.45, 7) is 5.21. The second kappa shape index (κ2) is 15.9. The van der Waals surface area contributed by atoms with E-state index in [1.165, 1.54) is 5.56 Å². The molecule has 0 unspecified atom stereocenters. The maximum atomic E-state index is 5.68. The lowest BCUT2D eigenvalue weighted by molar-refractivity contribution is 0.0698. The van der Waals surface area contributed by atoms with Crippen molar-refractivity contribution in [2.75, 3.05) is 53.7 Å². The minimum absolute atomic E-state index is 0.645. The molecule has 0 heterocycles. The van der Waals surface area contributed by atoms with E-state index >= 15 is 0 Å². The summed E-state index contributed by atoms with van der Waals surface area (Å²) >= 11 is 0. The molecule has 0 saturated carbocycles. The van der Waals surface area contributed by atoms with Gasteiger partial charge in [-0.05, 0) is 24.8 Å². The molecule has 1 rings (SSSR count). The predicted molar refractivity (Wildman–Crippen MR) is 102 cm³/mol. The number of guanidine groups is 1. The minimum atomic E-state index is 0.645. The molecular formula is C19H33N3O3. The SMILES string of the molecule is CN=C(NCCCCOCc1ccccc1)NCCCOCCOC. The number of hydrogen-bond donors (Lipinski definition) is 2. The maximum absolute atomic E-state index is 5.68. The first-order chi connectivity index (χ1) is 12.4. The van der Waals surface area contributed by atoms with Gasteiger partial charge in [-0.1, -0.05) is 30.3 Å². The van der Waals surface area contributed by atoms with Gasteiger partial charge in [0.2, 0.25) is 0 Å². The van der Waals surface area contributed by atoms with Gasteiger partial charge in [0.1, 0.15) is 0 Å². The number of rotatable bonds is 14. The summed E-state index contributed by atoms with van der Waals surface area (Å²) in [5.74, 6) is 0.835. The van der Waals surface area contributed by atoms with Crippen LogP contribution in [0, 0.1) is 0 Å². The number of methoxy groups -OCH3 is 1. The molecule has 1 aromatic carbocycles. The maximum Gasteiger partial charge on any atom is 0.190 e. The van der Waals surface area contributed by atoms with E-state index in [2.05, 4.69) is 27.8 Å². The number of hydrogen-bond acceptors (Lipinski definition) is 4. The van der Waals surface area contributed by atoms with Crippen LogP contribution in [-0.4, -0.2) is 59.6 Å². The quantitative estimate of drug-likeness (QED) is 0.306. The Balaban J connectivity index is 1.91. The smallest absolute Gasteiger partial charge is 0.190 e. The van der Waals surface area contributed by atoms with Crippen LogP contribution >= 0.6 is 0 Å². The zero-order valence-electron chi connectivity index (χ0n) is 15.6. The highest BCUT2D eigenvalue weighted by molar-refractivity contribution is 5.79. The van der Waals surface area contributed by atoms with Crippen molar-refractivity contribution < 1.29 is 14.2 Å². The molecule has 6 nitrogen and oxygen atoms in total. The summed E-state index contributed by atoms with van der Waals surface area (Å²) in [4.78, 5) is 4.21. The third kappa shape index (κ3) is 12.4. The number of nitrogens with zero attached hydrogens (tertiary/aromatic N) is 1. The summed E-state index contributed by atoms with van der Waals surface area (Å²) in [5, 5.41) is 6.59. The molecule has 0 aliphatic carbocycles. The van der Waals surface area contributed by atoms with Crippen LogP contribution in [0.3, 0.4) is 0 Å². The van der Waals surface area contributed by atoms with E-state index in [0.29, 0.717) is 19.8 Å². The van der Waals surface area contributed by atoms with E-state index in [4.69, 9.17) is 14.2 Å². The lowest BCUT2D eigenvalue weighted by Gasteiger charge is -2.12. The van der Waals surface area contributed by atoms with Crippen molar-refractivity contribution in [1.29, 1.82) is 0 Å². The lowest BCUT2D eigenvalue weighted by Crippen LogP contribution is -2.38. The second-order valence-corrected chi connectivity index (χ2v) is 5.63. The van der Waals surface area contributed by atoms with E-state index in [1.54, 1.807) is 14.2 Å². The van der Waals surface area contributed by atoms with Crippen molar-refractivity contribution in [2.24, 2.45) is 4.99 Å². The average Bonchev–Trinajstić information content (AvgIpc) is 2.65. The van der Waals surface area contributed by atoms with Crippen molar-refractivity contribution in [3.05, 3.63) is 35.9 Å². The largest absolute Gasteiger partial charge is 0.382 e. The lowest BCUT2D eigenvalue weighted by atomic mass is 10.2. The Hall–Kier alpha value is -1.63. The van der Waals surface area contributed by atoms with Crippen LogP contribution in [0.1, 0.15) is 24.8 Å². The molecular weight excluding hydrogens is 318 g/mol. The first-order valence-corrected chi connectivity index (χ1v) is 8.99. The fourth-order valence-electron chi connectivity index (χ4n) is 2.15. The van der Waals surface area contributed by atoms with Gasteiger partial charge in [0.05, 0.1) is 19.8 Å². The van der Waals surface area contributed by atoms with Crippen molar-refractivity contribution in [1.82, 2.24) is 10.6 Å². The number of nitrogens with one attached hydrogen (secondary N) is 2. The molecule has 0 aromatic heterocycles. The minimum Gasteiger partial charge on any atom is -0.382 e. The normalized spacial score (nSPS) is 11.5. The second-order valence-electron chi connectivity index (χ2n) is 5.63. The van der Waals surface area contributed by atoms with Gasteiger partial charge in [-0.2, -0.15) is 0 Å². The van der Waals surface area contributed by atoms with E-state index in [1.807, 2.05) is 18.2 Å². The summed E-state index contributed by atoms with van der Waals surface area (Å²) < 4.78 is 16.0. The zero-order chi connectivity index (χ0) is 18.0. The number of unbranched alkanes of at least 4 members (excludes halogenated alkanes) is 1. The van der Waals surface area contributed by atoms with E-state index in [-0.39, 0.29) is 0 Å². The summed E-state index contributed by atoms with van der Waals surface area (Å²) in [6.07, 6.45) is 3.03. The molecule has 1 aromatic rings. The van der Waals surface area contributed by atoms with E-state index in [9.17, 15) is 0 Å². The van der Waals surface area contributed by atoms with Gasteiger partial charge in [0.25, 0.3) is 0 Å². The highest BCUT2D eigenvalue weighted by Crippen LogP contribution is 2.01. The molecule has 0 aliphatic rings. The Labute approximate surface area is 152 Å². The molecule has 0 bridgehead atoms. The molecule has 6 heteroatoms. The Morgan fingerprint density at radius 3 is 2.32 bits per heavy atom. The highest BCUT2D eigenvalue weighted by Gasteiger charge is 1.97. The molecule has 0 amide bonds. The van der Waals surface area contributed by atoms with Crippen molar-refractivity contribution >= 4 is 5.96 Å². The summed E-state index contributed by atoms with van der Waals surface area (Å²) in [7, 11) is 3.46. The van der Waals surface area contributed by atoms with Crippen molar-refractivity contribution in [2.45, 2.75) is 25.9 Å². The van der Waals surface area contributed by atoms with Gasteiger partial charge >= 0.3 is 0 Å². The monoisotopic (exact) mass is 351 g/mol. The first-order valence-electron chi connectivity index (χ1n) is 8.99. The van der Waals surface area contributed by atoms with E-state index in [0.717, 1.165) is 51.5 Å².